The van der Waals surface area contributed by atoms with Crippen LogP contribution >= 0.6 is 23.2 Å². The quantitative estimate of drug-likeness (QED) is 0.717. The average molecular weight is 306 g/mol. The number of benzene rings is 2. The van der Waals surface area contributed by atoms with E-state index in [-0.39, 0.29) is 0 Å². The van der Waals surface area contributed by atoms with E-state index in [1.165, 1.54) is 0 Å². The third kappa shape index (κ3) is 2.48. The summed E-state index contributed by atoms with van der Waals surface area (Å²) in [7, 11) is 0. The van der Waals surface area contributed by atoms with E-state index in [2.05, 4.69) is 10.1 Å². The molecule has 0 aliphatic heterocycles. The molecule has 100 valence electrons. The van der Waals surface area contributed by atoms with Crippen molar-refractivity contribution in [1.29, 1.82) is 0 Å². The van der Waals surface area contributed by atoms with E-state index in [4.69, 9.17) is 33.5 Å². The van der Waals surface area contributed by atoms with Crippen molar-refractivity contribution < 1.29 is 4.52 Å². The maximum atomic E-state index is 5.88. The molecule has 3 aromatic rings. The van der Waals surface area contributed by atoms with Gasteiger partial charge in [0.05, 0.1) is 10.7 Å². The van der Waals surface area contributed by atoms with Crippen molar-refractivity contribution in [3.8, 4) is 22.8 Å². The van der Waals surface area contributed by atoms with E-state index in [9.17, 15) is 0 Å². The van der Waals surface area contributed by atoms with Crippen LogP contribution in [0.4, 0.5) is 5.69 Å². The molecule has 0 aliphatic rings. The average Bonchev–Trinajstić information content (AvgIpc) is 2.92. The SMILES string of the molecule is Nc1cc(-c2nc(-c3ccc(Cl)cc3)no2)ccc1Cl. The monoisotopic (exact) mass is 305 g/mol. The zero-order chi connectivity index (χ0) is 14.1. The lowest BCUT2D eigenvalue weighted by Gasteiger charge is -1.98. The molecule has 0 amide bonds. The van der Waals surface area contributed by atoms with Crippen molar-refractivity contribution in [3.63, 3.8) is 0 Å². The predicted octanol–water partition coefficient (Wildman–Crippen LogP) is 4.29. The molecule has 20 heavy (non-hydrogen) atoms. The van der Waals surface area contributed by atoms with Crippen molar-refractivity contribution in [2.24, 2.45) is 0 Å². The topological polar surface area (TPSA) is 64.9 Å². The lowest BCUT2D eigenvalue weighted by Crippen LogP contribution is -1.87. The Morgan fingerprint density at radius 2 is 1.65 bits per heavy atom. The summed E-state index contributed by atoms with van der Waals surface area (Å²) in [5.74, 6) is 0.878. The molecule has 4 nitrogen and oxygen atoms in total. The van der Waals surface area contributed by atoms with Crippen LogP contribution in [0.5, 0.6) is 0 Å². The zero-order valence-electron chi connectivity index (χ0n) is 10.2. The van der Waals surface area contributed by atoms with Crippen molar-refractivity contribution in [1.82, 2.24) is 10.1 Å². The number of rotatable bonds is 2. The summed E-state index contributed by atoms with van der Waals surface area (Å²) in [6, 6.07) is 12.4. The van der Waals surface area contributed by atoms with Crippen LogP contribution in [0.3, 0.4) is 0 Å². The molecule has 0 fully saturated rings. The van der Waals surface area contributed by atoms with Gasteiger partial charge in [-0.15, -0.1) is 0 Å². The van der Waals surface area contributed by atoms with Crippen LogP contribution in [0, 0.1) is 0 Å². The molecule has 0 bridgehead atoms. The molecule has 1 heterocycles. The highest BCUT2D eigenvalue weighted by Crippen LogP contribution is 2.27. The number of aromatic nitrogens is 2. The summed E-state index contributed by atoms with van der Waals surface area (Å²) in [5, 5.41) is 5.09. The Balaban J connectivity index is 1.97. The third-order valence-electron chi connectivity index (χ3n) is 2.77. The number of halogens is 2. The van der Waals surface area contributed by atoms with Crippen LogP contribution in [-0.2, 0) is 0 Å². The van der Waals surface area contributed by atoms with Gasteiger partial charge >= 0.3 is 0 Å². The second kappa shape index (κ2) is 5.15. The second-order valence-corrected chi connectivity index (χ2v) is 5.01. The fraction of sp³-hybridized carbons (Fsp3) is 0. The van der Waals surface area contributed by atoms with Gasteiger partial charge in [0.25, 0.3) is 5.89 Å². The van der Waals surface area contributed by atoms with E-state index < -0.39 is 0 Å². The van der Waals surface area contributed by atoms with Gasteiger partial charge in [0, 0.05) is 16.1 Å². The predicted molar refractivity (Wildman–Crippen MR) is 79.6 cm³/mol. The van der Waals surface area contributed by atoms with E-state index in [1.54, 1.807) is 30.3 Å². The van der Waals surface area contributed by atoms with Crippen LogP contribution in [0.2, 0.25) is 10.0 Å². The third-order valence-corrected chi connectivity index (χ3v) is 3.37. The van der Waals surface area contributed by atoms with Gasteiger partial charge in [-0.3, -0.25) is 0 Å². The van der Waals surface area contributed by atoms with Crippen LogP contribution < -0.4 is 5.73 Å². The lowest BCUT2D eigenvalue weighted by atomic mass is 10.2. The Bertz CT molecular complexity index is 753. The zero-order valence-corrected chi connectivity index (χ0v) is 11.7. The Hall–Kier alpha value is -2.04. The van der Waals surface area contributed by atoms with Crippen LogP contribution in [0.1, 0.15) is 0 Å². The molecular weight excluding hydrogens is 297 g/mol. The van der Waals surface area contributed by atoms with Gasteiger partial charge in [-0.2, -0.15) is 4.98 Å². The van der Waals surface area contributed by atoms with Gasteiger partial charge < -0.3 is 10.3 Å². The molecule has 0 unspecified atom stereocenters. The summed E-state index contributed by atoms with van der Waals surface area (Å²) in [6.45, 7) is 0. The minimum Gasteiger partial charge on any atom is -0.398 e. The van der Waals surface area contributed by atoms with Crippen LogP contribution in [0.15, 0.2) is 47.0 Å². The minimum atomic E-state index is 0.387. The van der Waals surface area contributed by atoms with E-state index >= 15 is 0 Å². The highest BCUT2D eigenvalue weighted by Gasteiger charge is 2.11. The molecule has 0 atom stereocenters. The Morgan fingerprint density at radius 1 is 0.950 bits per heavy atom. The molecule has 0 spiro atoms. The van der Waals surface area contributed by atoms with Gasteiger partial charge in [0.2, 0.25) is 5.82 Å². The molecule has 1 aromatic heterocycles. The van der Waals surface area contributed by atoms with Gasteiger partial charge in [0.15, 0.2) is 0 Å². The van der Waals surface area contributed by atoms with E-state index in [1.807, 2.05) is 12.1 Å². The normalized spacial score (nSPS) is 10.7. The molecule has 0 saturated heterocycles. The molecule has 6 heteroatoms. The van der Waals surface area contributed by atoms with Gasteiger partial charge in [-0.1, -0.05) is 28.4 Å². The molecular formula is C14H9Cl2N3O. The molecule has 0 radical (unpaired) electrons. The van der Waals surface area contributed by atoms with Crippen molar-refractivity contribution in [3.05, 3.63) is 52.5 Å². The van der Waals surface area contributed by atoms with E-state index in [0.29, 0.717) is 27.4 Å². The minimum absolute atomic E-state index is 0.387. The first-order valence-electron chi connectivity index (χ1n) is 5.78. The van der Waals surface area contributed by atoms with Gasteiger partial charge in [-0.25, -0.2) is 0 Å². The van der Waals surface area contributed by atoms with Crippen LogP contribution in [0.25, 0.3) is 22.8 Å². The maximum absolute atomic E-state index is 5.88. The number of hydrogen-bond acceptors (Lipinski definition) is 4. The summed E-state index contributed by atoms with van der Waals surface area (Å²) < 4.78 is 5.24. The highest BCUT2D eigenvalue weighted by molar-refractivity contribution is 6.33. The maximum Gasteiger partial charge on any atom is 0.258 e. The lowest BCUT2D eigenvalue weighted by molar-refractivity contribution is 0.432. The standard InChI is InChI=1S/C14H9Cl2N3O/c15-10-4-1-8(2-5-10)13-18-14(20-19-13)9-3-6-11(16)12(17)7-9/h1-7H,17H2. The first-order valence-corrected chi connectivity index (χ1v) is 6.54. The van der Waals surface area contributed by atoms with E-state index in [0.717, 1.165) is 11.1 Å². The largest absolute Gasteiger partial charge is 0.398 e. The smallest absolute Gasteiger partial charge is 0.258 e. The van der Waals surface area contributed by atoms with Gasteiger partial charge in [0.1, 0.15) is 0 Å². The molecule has 0 saturated carbocycles. The van der Waals surface area contributed by atoms with Gasteiger partial charge in [-0.05, 0) is 42.5 Å². The van der Waals surface area contributed by atoms with Crippen molar-refractivity contribution in [2.45, 2.75) is 0 Å². The summed E-state index contributed by atoms with van der Waals surface area (Å²) >= 11 is 11.7. The first-order chi connectivity index (χ1) is 9.63. The molecule has 2 aromatic carbocycles. The summed E-state index contributed by atoms with van der Waals surface area (Å²) in [4.78, 5) is 4.33. The van der Waals surface area contributed by atoms with Crippen molar-refractivity contribution in [2.75, 3.05) is 5.73 Å². The number of nitrogens with zero attached hydrogens (tertiary/aromatic N) is 2. The second-order valence-electron chi connectivity index (χ2n) is 4.17. The fourth-order valence-electron chi connectivity index (χ4n) is 1.73. The molecule has 0 aliphatic carbocycles. The highest BCUT2D eigenvalue weighted by atomic mass is 35.5. The molecule has 2 N–H and O–H groups in total. The van der Waals surface area contributed by atoms with Crippen molar-refractivity contribution >= 4 is 28.9 Å². The fourth-order valence-corrected chi connectivity index (χ4v) is 1.98. The Morgan fingerprint density at radius 3 is 2.35 bits per heavy atom. The number of anilines is 1. The van der Waals surface area contributed by atoms with Crippen LogP contribution in [-0.4, -0.2) is 10.1 Å². The number of nitrogens with two attached hydrogens (primary N) is 1. The first kappa shape index (κ1) is 13.0. The summed E-state index contributed by atoms with van der Waals surface area (Å²) in [5.41, 5.74) is 7.77. The Labute approximate surface area is 125 Å². The molecule has 3 rings (SSSR count). The number of nitrogen functional groups attached to an aromatic ring is 1. The Kier molecular flexibility index (Phi) is 3.34. The summed E-state index contributed by atoms with van der Waals surface area (Å²) in [6.07, 6.45) is 0. The number of hydrogen-bond donors (Lipinski definition) is 1.